The smallest absolute Gasteiger partial charge is 0.303 e. The van der Waals surface area contributed by atoms with Crippen LogP contribution in [0.5, 0.6) is 0 Å². The number of carbonyl (C=O) groups excluding carboxylic acids is 3. The van der Waals surface area contributed by atoms with E-state index in [9.17, 15) is 19.5 Å². The lowest BCUT2D eigenvalue weighted by Crippen LogP contribution is -2.52. The Bertz CT molecular complexity index is 651. The topological polar surface area (TPSA) is 99.1 Å². The highest BCUT2D eigenvalue weighted by Crippen LogP contribution is 2.53. The molecule has 0 aromatic heterocycles. The molecule has 0 radical (unpaired) electrons. The SMILES string of the molecule is C=C1C[C@H](OC(C)=O)[C@@H](C(C)C)[C@H](OC(C)=O)[C@@H]2[C@@H]1C[C@H](OC(C)=O)[C@@]2(C)O. The maximum absolute atomic E-state index is 11.9. The summed E-state index contributed by atoms with van der Waals surface area (Å²) in [5.41, 5.74) is -0.621. The monoisotopic (exact) mass is 396 g/mol. The van der Waals surface area contributed by atoms with E-state index in [1.807, 2.05) is 13.8 Å². The Hall–Kier alpha value is -1.89. The van der Waals surface area contributed by atoms with E-state index in [1.54, 1.807) is 6.92 Å². The molecule has 2 rings (SSSR count). The summed E-state index contributed by atoms with van der Waals surface area (Å²) < 4.78 is 16.7. The summed E-state index contributed by atoms with van der Waals surface area (Å²) in [6, 6.07) is 0. The van der Waals surface area contributed by atoms with E-state index in [4.69, 9.17) is 14.2 Å². The average Bonchev–Trinajstić information content (AvgIpc) is 2.68. The molecule has 2 saturated carbocycles. The molecule has 28 heavy (non-hydrogen) atoms. The minimum atomic E-state index is -1.42. The molecular formula is C21H32O7. The maximum Gasteiger partial charge on any atom is 0.303 e. The van der Waals surface area contributed by atoms with E-state index < -0.39 is 47.7 Å². The normalized spacial score (nSPS) is 37.8. The summed E-state index contributed by atoms with van der Waals surface area (Å²) >= 11 is 0. The van der Waals surface area contributed by atoms with Crippen LogP contribution in [0.3, 0.4) is 0 Å². The summed E-state index contributed by atoms with van der Waals surface area (Å²) in [5.74, 6) is -2.45. The quantitative estimate of drug-likeness (QED) is 0.442. The van der Waals surface area contributed by atoms with Crippen LogP contribution in [0.15, 0.2) is 12.2 Å². The molecule has 0 bridgehead atoms. The average molecular weight is 396 g/mol. The standard InChI is InChI=1S/C21H32O7/c1-10(2)18-16(26-12(4)22)8-11(3)15-9-17(27-13(5)23)21(7,25)19(15)20(18)28-14(6)24/h10,15-20,25H,3,8-9H2,1-2,4-7H3/t15-,16+,17+,18-,19+,20+,21-/m1/s1. The second kappa shape index (κ2) is 8.23. The predicted octanol–water partition coefficient (Wildman–Crippen LogP) is 2.40. The Labute approximate surface area is 166 Å². The minimum absolute atomic E-state index is 0.00354. The lowest BCUT2D eigenvalue weighted by Gasteiger charge is -2.41. The van der Waals surface area contributed by atoms with Crippen molar-refractivity contribution in [3.05, 3.63) is 12.2 Å². The Morgan fingerprint density at radius 1 is 1.07 bits per heavy atom. The first-order valence-corrected chi connectivity index (χ1v) is 9.77. The third kappa shape index (κ3) is 4.40. The van der Waals surface area contributed by atoms with Gasteiger partial charge in [0, 0.05) is 39.0 Å². The van der Waals surface area contributed by atoms with Crippen LogP contribution in [-0.4, -0.2) is 46.9 Å². The molecule has 7 nitrogen and oxygen atoms in total. The van der Waals surface area contributed by atoms with E-state index in [0.717, 1.165) is 5.57 Å². The number of aliphatic hydroxyl groups is 1. The van der Waals surface area contributed by atoms with Crippen LogP contribution < -0.4 is 0 Å². The number of esters is 3. The van der Waals surface area contributed by atoms with Crippen molar-refractivity contribution in [3.8, 4) is 0 Å². The molecule has 0 amide bonds. The van der Waals surface area contributed by atoms with Crippen molar-refractivity contribution in [3.63, 3.8) is 0 Å². The number of fused-ring (bicyclic) bond motifs is 1. The Balaban J connectivity index is 2.55. The fourth-order valence-corrected chi connectivity index (χ4v) is 5.07. The molecule has 7 atom stereocenters. The number of hydrogen-bond acceptors (Lipinski definition) is 7. The second-order valence-corrected chi connectivity index (χ2v) is 8.60. The predicted molar refractivity (Wildman–Crippen MR) is 101 cm³/mol. The van der Waals surface area contributed by atoms with E-state index in [2.05, 4.69) is 6.58 Å². The molecule has 0 unspecified atom stereocenters. The highest BCUT2D eigenvalue weighted by Gasteiger charge is 2.61. The Morgan fingerprint density at radius 2 is 1.61 bits per heavy atom. The van der Waals surface area contributed by atoms with Gasteiger partial charge in [-0.15, -0.1) is 0 Å². The van der Waals surface area contributed by atoms with Crippen molar-refractivity contribution in [2.24, 2.45) is 23.7 Å². The largest absolute Gasteiger partial charge is 0.462 e. The van der Waals surface area contributed by atoms with E-state index >= 15 is 0 Å². The summed E-state index contributed by atoms with van der Waals surface area (Å²) in [6.07, 6.45) is -1.16. The molecule has 1 N–H and O–H groups in total. The zero-order chi connectivity index (χ0) is 21.4. The van der Waals surface area contributed by atoms with Crippen molar-refractivity contribution in [2.75, 3.05) is 0 Å². The lowest BCUT2D eigenvalue weighted by molar-refractivity contribution is -0.183. The van der Waals surface area contributed by atoms with Gasteiger partial charge in [-0.25, -0.2) is 0 Å². The van der Waals surface area contributed by atoms with Crippen molar-refractivity contribution in [1.82, 2.24) is 0 Å². The molecule has 7 heteroatoms. The molecule has 0 aromatic rings. The Kier molecular flexibility index (Phi) is 6.58. The molecule has 2 aliphatic rings. The van der Waals surface area contributed by atoms with Gasteiger partial charge in [0.25, 0.3) is 0 Å². The fraction of sp³-hybridized carbons (Fsp3) is 0.762. The lowest BCUT2D eigenvalue weighted by atomic mass is 9.74. The van der Waals surface area contributed by atoms with Gasteiger partial charge in [-0.2, -0.15) is 0 Å². The van der Waals surface area contributed by atoms with Gasteiger partial charge in [-0.05, 0) is 25.2 Å². The van der Waals surface area contributed by atoms with Crippen LogP contribution in [0.2, 0.25) is 0 Å². The fourth-order valence-electron chi connectivity index (χ4n) is 5.07. The molecule has 2 fully saturated rings. The first kappa shape index (κ1) is 22.4. The molecule has 0 aliphatic heterocycles. The first-order chi connectivity index (χ1) is 12.9. The first-order valence-electron chi connectivity index (χ1n) is 9.77. The zero-order valence-corrected chi connectivity index (χ0v) is 17.6. The summed E-state index contributed by atoms with van der Waals surface area (Å²) in [6.45, 7) is 13.7. The van der Waals surface area contributed by atoms with Gasteiger partial charge in [-0.3, -0.25) is 14.4 Å². The minimum Gasteiger partial charge on any atom is -0.462 e. The van der Waals surface area contributed by atoms with Gasteiger partial charge in [-0.1, -0.05) is 26.0 Å². The number of rotatable bonds is 4. The van der Waals surface area contributed by atoms with Gasteiger partial charge in [0.15, 0.2) is 0 Å². The number of carbonyl (C=O) groups is 3. The third-order valence-electron chi connectivity index (χ3n) is 6.08. The summed E-state index contributed by atoms with van der Waals surface area (Å²) in [7, 11) is 0. The highest BCUT2D eigenvalue weighted by molar-refractivity contribution is 5.67. The molecule has 2 aliphatic carbocycles. The van der Waals surface area contributed by atoms with Crippen LogP contribution in [0.1, 0.15) is 54.4 Å². The van der Waals surface area contributed by atoms with E-state index in [0.29, 0.717) is 12.8 Å². The van der Waals surface area contributed by atoms with Gasteiger partial charge in [0.2, 0.25) is 0 Å². The van der Waals surface area contributed by atoms with Crippen molar-refractivity contribution < 1.29 is 33.7 Å². The molecular weight excluding hydrogens is 364 g/mol. The van der Waals surface area contributed by atoms with Crippen molar-refractivity contribution >= 4 is 17.9 Å². The van der Waals surface area contributed by atoms with E-state index in [-0.39, 0.29) is 17.8 Å². The molecule has 158 valence electrons. The summed E-state index contributed by atoms with van der Waals surface area (Å²) in [4.78, 5) is 35.2. The van der Waals surface area contributed by atoms with Crippen molar-refractivity contribution in [2.45, 2.75) is 78.3 Å². The number of ether oxygens (including phenoxy) is 3. The molecule has 0 saturated heterocycles. The van der Waals surface area contributed by atoms with Gasteiger partial charge in [0.1, 0.15) is 23.9 Å². The van der Waals surface area contributed by atoms with Crippen LogP contribution in [0.25, 0.3) is 0 Å². The summed E-state index contributed by atoms with van der Waals surface area (Å²) in [5, 5.41) is 11.4. The number of hydrogen-bond donors (Lipinski definition) is 1. The third-order valence-corrected chi connectivity index (χ3v) is 6.08. The zero-order valence-electron chi connectivity index (χ0n) is 17.6. The maximum atomic E-state index is 11.9. The van der Waals surface area contributed by atoms with Crippen LogP contribution in [0.4, 0.5) is 0 Å². The van der Waals surface area contributed by atoms with Gasteiger partial charge < -0.3 is 19.3 Å². The van der Waals surface area contributed by atoms with Gasteiger partial charge >= 0.3 is 17.9 Å². The van der Waals surface area contributed by atoms with Crippen molar-refractivity contribution in [1.29, 1.82) is 0 Å². The van der Waals surface area contributed by atoms with Crippen LogP contribution in [0, 0.1) is 23.7 Å². The molecule has 0 heterocycles. The van der Waals surface area contributed by atoms with Crippen LogP contribution >= 0.6 is 0 Å². The van der Waals surface area contributed by atoms with Crippen LogP contribution in [-0.2, 0) is 28.6 Å². The Morgan fingerprint density at radius 3 is 2.07 bits per heavy atom. The second-order valence-electron chi connectivity index (χ2n) is 8.60. The van der Waals surface area contributed by atoms with Gasteiger partial charge in [0.05, 0.1) is 0 Å². The molecule has 0 aromatic carbocycles. The van der Waals surface area contributed by atoms with E-state index in [1.165, 1.54) is 20.8 Å². The highest BCUT2D eigenvalue weighted by atomic mass is 16.6. The molecule has 0 spiro atoms.